The summed E-state index contributed by atoms with van der Waals surface area (Å²) < 4.78 is 6.24. The van der Waals surface area contributed by atoms with Gasteiger partial charge in [0.05, 0.1) is 6.61 Å². The molecule has 2 rings (SSSR count). The number of methoxy groups -OCH3 is 1. The summed E-state index contributed by atoms with van der Waals surface area (Å²) in [6.45, 7) is 1.09. The van der Waals surface area contributed by atoms with E-state index in [1.165, 1.54) is 0 Å². The minimum absolute atomic E-state index is 0.528. The first-order chi connectivity index (χ1) is 9.63. The molecule has 0 amide bonds. The third-order valence-corrected chi connectivity index (χ3v) is 4.38. The van der Waals surface area contributed by atoms with Gasteiger partial charge in [-0.05, 0) is 24.3 Å². The Kier molecular flexibility index (Phi) is 5.73. The van der Waals surface area contributed by atoms with E-state index in [0.29, 0.717) is 23.2 Å². The van der Waals surface area contributed by atoms with Gasteiger partial charge < -0.3 is 10.1 Å². The van der Waals surface area contributed by atoms with Crippen molar-refractivity contribution in [2.75, 3.05) is 12.4 Å². The van der Waals surface area contributed by atoms with Gasteiger partial charge in [-0.1, -0.05) is 51.3 Å². The highest BCUT2D eigenvalue weighted by Crippen LogP contribution is 2.28. The van der Waals surface area contributed by atoms with Crippen molar-refractivity contribution in [2.45, 2.75) is 13.2 Å². The molecule has 2 nitrogen and oxygen atoms in total. The van der Waals surface area contributed by atoms with Crippen LogP contribution in [0.5, 0.6) is 0 Å². The third kappa shape index (κ3) is 3.67. The molecule has 0 aromatic heterocycles. The van der Waals surface area contributed by atoms with Crippen LogP contribution in [0.25, 0.3) is 0 Å². The van der Waals surface area contributed by atoms with Crippen molar-refractivity contribution in [1.82, 2.24) is 0 Å². The highest BCUT2D eigenvalue weighted by atomic mass is 79.9. The molecule has 0 fully saturated rings. The lowest BCUT2D eigenvalue weighted by atomic mass is 10.1. The molecule has 0 aliphatic rings. The van der Waals surface area contributed by atoms with Gasteiger partial charge in [0.1, 0.15) is 0 Å². The van der Waals surface area contributed by atoms with Crippen molar-refractivity contribution in [3.05, 3.63) is 62.0 Å². The predicted octanol–water partition coefficient (Wildman–Crippen LogP) is 5.51. The molecule has 0 radical (unpaired) electrons. The van der Waals surface area contributed by atoms with Crippen molar-refractivity contribution in [2.24, 2.45) is 0 Å². The highest BCUT2D eigenvalue weighted by Gasteiger charge is 2.09. The molecule has 0 bridgehead atoms. The van der Waals surface area contributed by atoms with Gasteiger partial charge in [0.2, 0.25) is 0 Å². The first-order valence-corrected chi connectivity index (χ1v) is 7.61. The fourth-order valence-corrected chi connectivity index (χ4v) is 2.91. The number of nitrogens with one attached hydrogen (secondary N) is 1. The van der Waals surface area contributed by atoms with E-state index in [1.807, 2.05) is 36.4 Å². The van der Waals surface area contributed by atoms with Gasteiger partial charge >= 0.3 is 0 Å². The first kappa shape index (κ1) is 15.6. The minimum Gasteiger partial charge on any atom is -0.381 e. The van der Waals surface area contributed by atoms with Gasteiger partial charge in [-0.2, -0.15) is 0 Å². The van der Waals surface area contributed by atoms with Crippen LogP contribution in [0.3, 0.4) is 0 Å². The standard InChI is InChI=1S/C15H14BrCl2NO/c1-20-9-11-12(16)4-2-7-15(11)19-8-10-13(17)5-3-6-14(10)18/h2-7,19H,8-9H2,1H3. The second-order valence-electron chi connectivity index (χ2n) is 4.25. The Morgan fingerprint density at radius 3 is 2.35 bits per heavy atom. The molecule has 0 aliphatic carbocycles. The van der Waals surface area contributed by atoms with Crippen LogP contribution in [0.1, 0.15) is 11.1 Å². The molecular weight excluding hydrogens is 361 g/mol. The van der Waals surface area contributed by atoms with Crippen LogP contribution in [0, 0.1) is 0 Å². The van der Waals surface area contributed by atoms with E-state index < -0.39 is 0 Å². The summed E-state index contributed by atoms with van der Waals surface area (Å²) in [5.41, 5.74) is 2.95. The van der Waals surface area contributed by atoms with Crippen LogP contribution in [0.2, 0.25) is 10.0 Å². The molecular formula is C15H14BrCl2NO. The van der Waals surface area contributed by atoms with E-state index in [1.54, 1.807) is 7.11 Å². The Bertz CT molecular complexity index is 584. The maximum absolute atomic E-state index is 6.17. The second-order valence-corrected chi connectivity index (χ2v) is 5.92. The van der Waals surface area contributed by atoms with Crippen LogP contribution < -0.4 is 5.32 Å². The van der Waals surface area contributed by atoms with E-state index in [0.717, 1.165) is 21.3 Å². The Balaban J connectivity index is 2.21. The zero-order valence-electron chi connectivity index (χ0n) is 10.9. The zero-order valence-corrected chi connectivity index (χ0v) is 14.0. The van der Waals surface area contributed by atoms with Crippen molar-refractivity contribution >= 4 is 44.8 Å². The number of benzene rings is 2. The van der Waals surface area contributed by atoms with Crippen LogP contribution in [-0.4, -0.2) is 7.11 Å². The summed E-state index contributed by atoms with van der Waals surface area (Å²) in [7, 11) is 1.67. The van der Waals surface area contributed by atoms with Gasteiger partial charge in [0, 0.05) is 45.0 Å². The van der Waals surface area contributed by atoms with Gasteiger partial charge in [-0.25, -0.2) is 0 Å². The molecule has 0 saturated carbocycles. The number of hydrogen-bond donors (Lipinski definition) is 1. The molecule has 106 valence electrons. The monoisotopic (exact) mass is 373 g/mol. The van der Waals surface area contributed by atoms with Crippen molar-refractivity contribution in [3.63, 3.8) is 0 Å². The Morgan fingerprint density at radius 2 is 1.70 bits per heavy atom. The molecule has 20 heavy (non-hydrogen) atoms. The molecule has 0 unspecified atom stereocenters. The highest BCUT2D eigenvalue weighted by molar-refractivity contribution is 9.10. The SMILES string of the molecule is COCc1c(Br)cccc1NCc1c(Cl)cccc1Cl. The lowest BCUT2D eigenvalue weighted by Gasteiger charge is -2.14. The lowest BCUT2D eigenvalue weighted by molar-refractivity contribution is 0.185. The Hall–Kier alpha value is -0.740. The van der Waals surface area contributed by atoms with Crippen molar-refractivity contribution in [1.29, 1.82) is 0 Å². The lowest BCUT2D eigenvalue weighted by Crippen LogP contribution is -2.04. The smallest absolute Gasteiger partial charge is 0.0744 e. The topological polar surface area (TPSA) is 21.3 Å². The fourth-order valence-electron chi connectivity index (χ4n) is 1.90. The number of rotatable bonds is 5. The molecule has 2 aromatic carbocycles. The maximum Gasteiger partial charge on any atom is 0.0744 e. The largest absolute Gasteiger partial charge is 0.381 e. The predicted molar refractivity (Wildman–Crippen MR) is 88.6 cm³/mol. The second kappa shape index (κ2) is 7.32. The van der Waals surface area contributed by atoms with Crippen LogP contribution in [0.4, 0.5) is 5.69 Å². The summed E-state index contributed by atoms with van der Waals surface area (Å²) >= 11 is 15.9. The van der Waals surface area contributed by atoms with Gasteiger partial charge in [-0.15, -0.1) is 0 Å². The quantitative estimate of drug-likeness (QED) is 0.744. The molecule has 5 heteroatoms. The van der Waals surface area contributed by atoms with E-state index in [2.05, 4.69) is 21.2 Å². The summed E-state index contributed by atoms with van der Waals surface area (Å²) in [6, 6.07) is 11.5. The maximum atomic E-state index is 6.17. The molecule has 0 atom stereocenters. The van der Waals surface area contributed by atoms with E-state index in [4.69, 9.17) is 27.9 Å². The average molecular weight is 375 g/mol. The summed E-state index contributed by atoms with van der Waals surface area (Å²) in [6.07, 6.45) is 0. The van der Waals surface area contributed by atoms with Gasteiger partial charge in [-0.3, -0.25) is 0 Å². The van der Waals surface area contributed by atoms with Gasteiger partial charge in [0.25, 0.3) is 0 Å². The zero-order chi connectivity index (χ0) is 14.5. The summed E-state index contributed by atoms with van der Waals surface area (Å²) in [4.78, 5) is 0. The fraction of sp³-hybridized carbons (Fsp3) is 0.200. The average Bonchev–Trinajstić information content (AvgIpc) is 2.42. The molecule has 1 N–H and O–H groups in total. The number of anilines is 1. The Morgan fingerprint density at radius 1 is 1.05 bits per heavy atom. The summed E-state index contributed by atoms with van der Waals surface area (Å²) in [5, 5.41) is 4.68. The number of halogens is 3. The van der Waals surface area contributed by atoms with Gasteiger partial charge in [0.15, 0.2) is 0 Å². The molecule has 0 spiro atoms. The normalized spacial score (nSPS) is 10.6. The van der Waals surface area contributed by atoms with Crippen LogP contribution in [0.15, 0.2) is 40.9 Å². The van der Waals surface area contributed by atoms with Crippen molar-refractivity contribution < 1.29 is 4.74 Å². The van der Waals surface area contributed by atoms with E-state index in [-0.39, 0.29) is 0 Å². The van der Waals surface area contributed by atoms with E-state index in [9.17, 15) is 0 Å². The van der Waals surface area contributed by atoms with Crippen LogP contribution in [-0.2, 0) is 17.9 Å². The number of hydrogen-bond acceptors (Lipinski definition) is 2. The van der Waals surface area contributed by atoms with Crippen LogP contribution >= 0.6 is 39.1 Å². The molecule has 0 heterocycles. The third-order valence-electron chi connectivity index (χ3n) is 2.92. The molecule has 0 saturated heterocycles. The van der Waals surface area contributed by atoms with Crippen molar-refractivity contribution in [3.8, 4) is 0 Å². The minimum atomic E-state index is 0.528. The first-order valence-electron chi connectivity index (χ1n) is 6.06. The number of ether oxygens (including phenoxy) is 1. The summed E-state index contributed by atoms with van der Waals surface area (Å²) in [5.74, 6) is 0. The molecule has 0 aliphatic heterocycles. The molecule has 2 aromatic rings. The Labute approximate surface area is 137 Å². The van der Waals surface area contributed by atoms with E-state index >= 15 is 0 Å².